The summed E-state index contributed by atoms with van der Waals surface area (Å²) in [5, 5.41) is 14.6. The minimum Gasteiger partial charge on any atom is -0.497 e. The molecule has 0 aliphatic heterocycles. The van der Waals surface area contributed by atoms with Crippen LogP contribution in [0.2, 0.25) is 0 Å². The van der Waals surface area contributed by atoms with E-state index in [9.17, 15) is 10.1 Å². The molecule has 0 saturated carbocycles. The molecule has 0 bridgehead atoms. The molecule has 0 atom stereocenters. The summed E-state index contributed by atoms with van der Waals surface area (Å²) in [6.07, 6.45) is 3.06. The molecule has 7 nitrogen and oxygen atoms in total. The van der Waals surface area contributed by atoms with Crippen LogP contribution in [0.3, 0.4) is 0 Å². The van der Waals surface area contributed by atoms with E-state index in [2.05, 4.69) is 5.16 Å². The van der Waals surface area contributed by atoms with Crippen molar-refractivity contribution in [1.82, 2.24) is 5.16 Å². The summed E-state index contributed by atoms with van der Waals surface area (Å²) in [6.45, 7) is 1.52. The highest BCUT2D eigenvalue weighted by Crippen LogP contribution is 2.27. The van der Waals surface area contributed by atoms with Gasteiger partial charge in [-0.25, -0.2) is 0 Å². The summed E-state index contributed by atoms with van der Waals surface area (Å²) < 4.78 is 15.8. The molecular weight excluding hydrogens is 312 g/mol. The Hall–Kier alpha value is -3.35. The van der Waals surface area contributed by atoms with Gasteiger partial charge in [0.25, 0.3) is 0 Å². The van der Waals surface area contributed by atoms with E-state index in [1.807, 2.05) is 30.3 Å². The standard InChI is InChI=1S/C17H14N2O5/c1-11-17(19(20)21)16(24-18-11)10-8-14-7-9-15(23-14)12-3-5-13(22-2)6-4-12/h3-10H,1-2H3/b10-8+. The number of nitro groups is 1. The van der Waals surface area contributed by atoms with E-state index in [-0.39, 0.29) is 17.1 Å². The van der Waals surface area contributed by atoms with Crippen LogP contribution in [0.25, 0.3) is 23.5 Å². The second-order valence-electron chi connectivity index (χ2n) is 5.00. The molecule has 2 aromatic heterocycles. The Kier molecular flexibility index (Phi) is 4.15. The lowest BCUT2D eigenvalue weighted by Crippen LogP contribution is -1.90. The lowest BCUT2D eigenvalue weighted by atomic mass is 10.2. The molecule has 0 amide bonds. The van der Waals surface area contributed by atoms with E-state index in [1.54, 1.807) is 19.3 Å². The summed E-state index contributed by atoms with van der Waals surface area (Å²) in [7, 11) is 1.61. The lowest BCUT2D eigenvalue weighted by Gasteiger charge is -2.00. The van der Waals surface area contributed by atoms with E-state index in [1.165, 1.54) is 13.0 Å². The number of nitrogens with zero attached hydrogens (tertiary/aromatic N) is 2. The molecule has 0 radical (unpaired) electrons. The second-order valence-corrected chi connectivity index (χ2v) is 5.00. The number of aryl methyl sites for hydroxylation is 1. The number of methoxy groups -OCH3 is 1. The molecule has 0 spiro atoms. The lowest BCUT2D eigenvalue weighted by molar-refractivity contribution is -0.386. The van der Waals surface area contributed by atoms with Gasteiger partial charge in [0, 0.05) is 5.56 Å². The Labute approximate surface area is 137 Å². The predicted molar refractivity (Wildman–Crippen MR) is 87.5 cm³/mol. The van der Waals surface area contributed by atoms with Gasteiger partial charge in [0.1, 0.15) is 17.3 Å². The second kappa shape index (κ2) is 6.41. The number of aromatic nitrogens is 1. The van der Waals surface area contributed by atoms with Crippen molar-refractivity contribution < 1.29 is 18.6 Å². The van der Waals surface area contributed by atoms with Gasteiger partial charge in [-0.3, -0.25) is 10.1 Å². The number of rotatable bonds is 5. The first-order valence-electron chi connectivity index (χ1n) is 7.11. The van der Waals surface area contributed by atoms with Gasteiger partial charge < -0.3 is 13.7 Å². The number of hydrogen-bond acceptors (Lipinski definition) is 6. The van der Waals surface area contributed by atoms with E-state index in [4.69, 9.17) is 13.7 Å². The van der Waals surface area contributed by atoms with Gasteiger partial charge in [0.2, 0.25) is 5.76 Å². The molecule has 0 fully saturated rings. The Morgan fingerprint density at radius 1 is 1.17 bits per heavy atom. The smallest absolute Gasteiger partial charge is 0.338 e. The number of benzene rings is 1. The average molecular weight is 326 g/mol. The highest BCUT2D eigenvalue weighted by molar-refractivity contribution is 5.71. The summed E-state index contributed by atoms with van der Waals surface area (Å²) in [4.78, 5) is 10.5. The van der Waals surface area contributed by atoms with Gasteiger partial charge >= 0.3 is 5.69 Å². The fourth-order valence-corrected chi connectivity index (χ4v) is 2.22. The minimum atomic E-state index is -0.517. The van der Waals surface area contributed by atoms with Crippen LogP contribution >= 0.6 is 0 Å². The third-order valence-electron chi connectivity index (χ3n) is 3.44. The summed E-state index contributed by atoms with van der Waals surface area (Å²) in [5.74, 6) is 2.07. The maximum atomic E-state index is 11.0. The van der Waals surface area contributed by atoms with Crippen LogP contribution in [-0.2, 0) is 0 Å². The highest BCUT2D eigenvalue weighted by Gasteiger charge is 2.22. The number of furan rings is 1. The monoisotopic (exact) mass is 326 g/mol. The first-order valence-corrected chi connectivity index (χ1v) is 7.11. The fourth-order valence-electron chi connectivity index (χ4n) is 2.22. The normalized spacial score (nSPS) is 11.1. The first kappa shape index (κ1) is 15.5. The number of ether oxygens (including phenoxy) is 1. The molecule has 2 heterocycles. The molecule has 7 heteroatoms. The molecule has 0 aliphatic carbocycles. The Morgan fingerprint density at radius 2 is 1.92 bits per heavy atom. The van der Waals surface area contributed by atoms with Gasteiger partial charge in [-0.15, -0.1) is 0 Å². The topological polar surface area (TPSA) is 91.5 Å². The van der Waals surface area contributed by atoms with E-state index < -0.39 is 4.92 Å². The molecule has 3 rings (SSSR count). The molecule has 1 aromatic carbocycles. The molecule has 0 aliphatic rings. The maximum absolute atomic E-state index is 11.0. The summed E-state index contributed by atoms with van der Waals surface area (Å²) in [5.41, 5.74) is 0.989. The molecule has 0 N–H and O–H groups in total. The fraction of sp³-hybridized carbons (Fsp3) is 0.118. The van der Waals surface area contributed by atoms with Gasteiger partial charge in [0.05, 0.1) is 12.0 Å². The molecule has 3 aromatic rings. The number of hydrogen-bond donors (Lipinski definition) is 0. The van der Waals surface area contributed by atoms with Crippen molar-refractivity contribution in [2.75, 3.05) is 7.11 Å². The van der Waals surface area contributed by atoms with Crippen LogP contribution in [0.15, 0.2) is 45.3 Å². The van der Waals surface area contributed by atoms with Crippen molar-refractivity contribution in [2.45, 2.75) is 6.92 Å². The Bertz CT molecular complexity index is 890. The van der Waals surface area contributed by atoms with Crippen LogP contribution in [0.4, 0.5) is 5.69 Å². The highest BCUT2D eigenvalue weighted by atomic mass is 16.6. The minimum absolute atomic E-state index is 0.0832. The molecular formula is C17H14N2O5. The zero-order valence-corrected chi connectivity index (χ0v) is 13.1. The van der Waals surface area contributed by atoms with Crippen molar-refractivity contribution >= 4 is 17.8 Å². The Morgan fingerprint density at radius 3 is 2.58 bits per heavy atom. The van der Waals surface area contributed by atoms with Crippen LogP contribution in [0.1, 0.15) is 17.2 Å². The zero-order chi connectivity index (χ0) is 17.1. The molecule has 122 valence electrons. The largest absolute Gasteiger partial charge is 0.497 e. The first-order chi connectivity index (χ1) is 11.6. The molecule has 0 unspecified atom stereocenters. The average Bonchev–Trinajstić information content (AvgIpc) is 3.19. The molecule has 24 heavy (non-hydrogen) atoms. The van der Waals surface area contributed by atoms with E-state index in [0.29, 0.717) is 11.5 Å². The van der Waals surface area contributed by atoms with E-state index in [0.717, 1.165) is 11.3 Å². The van der Waals surface area contributed by atoms with Gasteiger partial charge in [0.15, 0.2) is 5.69 Å². The van der Waals surface area contributed by atoms with Crippen molar-refractivity contribution in [2.24, 2.45) is 0 Å². The molecule has 0 saturated heterocycles. The van der Waals surface area contributed by atoms with Crippen molar-refractivity contribution in [3.63, 3.8) is 0 Å². The third kappa shape index (κ3) is 3.05. The van der Waals surface area contributed by atoms with Crippen molar-refractivity contribution in [3.8, 4) is 17.1 Å². The van der Waals surface area contributed by atoms with Gasteiger partial charge in [-0.2, -0.15) is 0 Å². The summed E-state index contributed by atoms with van der Waals surface area (Å²) >= 11 is 0. The van der Waals surface area contributed by atoms with Gasteiger partial charge in [-0.05, 0) is 55.5 Å². The Balaban J connectivity index is 1.82. The van der Waals surface area contributed by atoms with Crippen LogP contribution < -0.4 is 4.74 Å². The van der Waals surface area contributed by atoms with Crippen LogP contribution in [0, 0.1) is 17.0 Å². The van der Waals surface area contributed by atoms with Crippen molar-refractivity contribution in [3.05, 3.63) is 63.7 Å². The zero-order valence-electron chi connectivity index (χ0n) is 13.1. The van der Waals surface area contributed by atoms with Crippen molar-refractivity contribution in [1.29, 1.82) is 0 Å². The SMILES string of the molecule is COc1ccc(-c2ccc(/C=C/c3onc(C)c3[N+](=O)[O-])o2)cc1. The van der Waals surface area contributed by atoms with Crippen LogP contribution in [0.5, 0.6) is 5.75 Å². The predicted octanol–water partition coefficient (Wildman–Crippen LogP) is 4.33. The van der Waals surface area contributed by atoms with E-state index >= 15 is 0 Å². The summed E-state index contributed by atoms with van der Waals surface area (Å²) in [6, 6.07) is 11.0. The van der Waals surface area contributed by atoms with Crippen LogP contribution in [-0.4, -0.2) is 17.2 Å². The maximum Gasteiger partial charge on any atom is 0.338 e. The third-order valence-corrected chi connectivity index (χ3v) is 3.44. The quantitative estimate of drug-likeness (QED) is 0.512. The van der Waals surface area contributed by atoms with Gasteiger partial charge in [-0.1, -0.05) is 5.16 Å².